The van der Waals surface area contributed by atoms with Gasteiger partial charge in [0.2, 0.25) is 0 Å². The minimum atomic E-state index is -0.135. The van der Waals surface area contributed by atoms with Crippen LogP contribution >= 0.6 is 24.8 Å². The molecule has 1 fully saturated rings. The molecule has 4 heteroatoms. The highest BCUT2D eigenvalue weighted by molar-refractivity contribution is 5.85. The number of fused-ring (bicyclic) bond motifs is 3. The summed E-state index contributed by atoms with van der Waals surface area (Å²) >= 11 is 0. The van der Waals surface area contributed by atoms with Crippen molar-refractivity contribution in [3.05, 3.63) is 35.4 Å². The molecule has 0 spiro atoms. The summed E-state index contributed by atoms with van der Waals surface area (Å²) in [5.41, 5.74) is 15.4. The Balaban J connectivity index is 0.000000810. The van der Waals surface area contributed by atoms with Crippen LogP contribution < -0.4 is 11.5 Å². The van der Waals surface area contributed by atoms with Crippen molar-refractivity contribution in [3.8, 4) is 0 Å². The summed E-state index contributed by atoms with van der Waals surface area (Å²) in [4.78, 5) is 0. The van der Waals surface area contributed by atoms with E-state index in [1.807, 2.05) is 0 Å². The summed E-state index contributed by atoms with van der Waals surface area (Å²) in [5, 5.41) is 0. The average Bonchev–Trinajstić information content (AvgIpc) is 2.62. The van der Waals surface area contributed by atoms with E-state index >= 15 is 0 Å². The molecule has 0 bridgehead atoms. The summed E-state index contributed by atoms with van der Waals surface area (Å²) < 4.78 is 0. The van der Waals surface area contributed by atoms with E-state index in [0.717, 1.165) is 13.0 Å². The van der Waals surface area contributed by atoms with Crippen molar-refractivity contribution in [2.75, 3.05) is 6.54 Å². The second kappa shape index (κ2) is 5.79. The molecule has 1 unspecified atom stereocenters. The molecule has 0 heterocycles. The van der Waals surface area contributed by atoms with Gasteiger partial charge in [0.15, 0.2) is 0 Å². The maximum atomic E-state index is 6.75. The standard InChI is InChI=1S/C14H20N2.2ClH/c15-9-12-6-3-5-11-8-10-4-1-2-7-13(10)14(11,12)16;;/h1-2,4,7,11-12H,3,5-6,8-9,15-16H2;2*1H/t11-,12?,14-;;/m1../s1. The third-order valence-corrected chi connectivity index (χ3v) is 4.69. The van der Waals surface area contributed by atoms with E-state index in [1.54, 1.807) is 0 Å². The van der Waals surface area contributed by atoms with Crippen molar-refractivity contribution in [2.45, 2.75) is 31.2 Å². The van der Waals surface area contributed by atoms with Gasteiger partial charge in [-0.3, -0.25) is 0 Å². The Hall–Kier alpha value is -0.280. The lowest BCUT2D eigenvalue weighted by molar-refractivity contribution is 0.131. The molecule has 1 saturated carbocycles. The van der Waals surface area contributed by atoms with Crippen LogP contribution in [-0.2, 0) is 12.0 Å². The minimum Gasteiger partial charge on any atom is -0.330 e. The van der Waals surface area contributed by atoms with Crippen LogP contribution in [0.25, 0.3) is 0 Å². The lowest BCUT2D eigenvalue weighted by atomic mass is 9.66. The van der Waals surface area contributed by atoms with Gasteiger partial charge < -0.3 is 11.5 Å². The highest BCUT2D eigenvalue weighted by Gasteiger charge is 2.49. The minimum absolute atomic E-state index is 0. The zero-order valence-corrected chi connectivity index (χ0v) is 12.1. The van der Waals surface area contributed by atoms with Gasteiger partial charge in [-0.15, -0.1) is 24.8 Å². The van der Waals surface area contributed by atoms with E-state index < -0.39 is 0 Å². The number of benzene rings is 1. The van der Waals surface area contributed by atoms with E-state index in [2.05, 4.69) is 24.3 Å². The Labute approximate surface area is 121 Å². The number of hydrogen-bond donors (Lipinski definition) is 2. The molecule has 3 rings (SSSR count). The SMILES string of the molecule is Cl.Cl.NCC1CCC[C@@H]2Cc3ccccc3[C@]12N. The van der Waals surface area contributed by atoms with Crippen LogP contribution in [0.15, 0.2) is 24.3 Å². The van der Waals surface area contributed by atoms with Gasteiger partial charge in [0.25, 0.3) is 0 Å². The van der Waals surface area contributed by atoms with Gasteiger partial charge in [-0.25, -0.2) is 0 Å². The largest absolute Gasteiger partial charge is 0.330 e. The van der Waals surface area contributed by atoms with Crippen LogP contribution in [0, 0.1) is 11.8 Å². The topological polar surface area (TPSA) is 52.0 Å². The maximum absolute atomic E-state index is 6.75. The number of hydrogen-bond acceptors (Lipinski definition) is 2. The Morgan fingerprint density at radius 2 is 1.89 bits per heavy atom. The number of halogens is 2. The monoisotopic (exact) mass is 288 g/mol. The molecule has 3 atom stereocenters. The molecule has 0 aromatic heterocycles. The summed E-state index contributed by atoms with van der Waals surface area (Å²) in [6, 6.07) is 8.67. The number of rotatable bonds is 1. The molecular weight excluding hydrogens is 267 g/mol. The van der Waals surface area contributed by atoms with Crippen molar-refractivity contribution < 1.29 is 0 Å². The third kappa shape index (κ3) is 2.05. The smallest absolute Gasteiger partial charge is 0.0484 e. The quantitative estimate of drug-likeness (QED) is 0.835. The van der Waals surface area contributed by atoms with E-state index in [4.69, 9.17) is 11.5 Å². The summed E-state index contributed by atoms with van der Waals surface area (Å²) in [6.07, 6.45) is 4.90. The van der Waals surface area contributed by atoms with Crippen LogP contribution in [0.4, 0.5) is 0 Å². The average molecular weight is 289 g/mol. The normalized spacial score (nSPS) is 32.8. The van der Waals surface area contributed by atoms with Crippen LogP contribution in [0.3, 0.4) is 0 Å². The predicted octanol–water partition coefficient (Wildman–Crippen LogP) is 2.62. The van der Waals surface area contributed by atoms with Crippen LogP contribution in [0.1, 0.15) is 30.4 Å². The summed E-state index contributed by atoms with van der Waals surface area (Å²) in [6.45, 7) is 0.724. The first kappa shape index (κ1) is 15.8. The van der Waals surface area contributed by atoms with Crippen molar-refractivity contribution in [1.82, 2.24) is 0 Å². The van der Waals surface area contributed by atoms with Gasteiger partial charge in [0.1, 0.15) is 0 Å². The fraction of sp³-hybridized carbons (Fsp3) is 0.571. The molecule has 0 aliphatic heterocycles. The third-order valence-electron chi connectivity index (χ3n) is 4.69. The van der Waals surface area contributed by atoms with Gasteiger partial charge in [0.05, 0.1) is 0 Å². The zero-order valence-electron chi connectivity index (χ0n) is 10.5. The van der Waals surface area contributed by atoms with E-state index in [0.29, 0.717) is 11.8 Å². The van der Waals surface area contributed by atoms with Crippen molar-refractivity contribution in [1.29, 1.82) is 0 Å². The second-order valence-corrected chi connectivity index (χ2v) is 5.35. The van der Waals surface area contributed by atoms with Gasteiger partial charge in [-0.1, -0.05) is 30.7 Å². The zero-order chi connectivity index (χ0) is 11.2. The number of nitrogens with two attached hydrogens (primary N) is 2. The molecule has 2 aliphatic carbocycles. The van der Waals surface area contributed by atoms with Gasteiger partial charge >= 0.3 is 0 Å². The molecule has 2 aliphatic rings. The van der Waals surface area contributed by atoms with Crippen molar-refractivity contribution >= 4 is 24.8 Å². The highest BCUT2D eigenvalue weighted by atomic mass is 35.5. The Morgan fingerprint density at radius 1 is 1.17 bits per heavy atom. The Morgan fingerprint density at radius 3 is 2.61 bits per heavy atom. The molecule has 1 aromatic rings. The molecule has 4 N–H and O–H groups in total. The molecule has 18 heavy (non-hydrogen) atoms. The van der Waals surface area contributed by atoms with Gasteiger partial charge in [0, 0.05) is 5.54 Å². The van der Waals surface area contributed by atoms with E-state index in [9.17, 15) is 0 Å². The van der Waals surface area contributed by atoms with Gasteiger partial charge in [-0.05, 0) is 48.8 Å². The molecule has 1 aromatic carbocycles. The predicted molar refractivity (Wildman–Crippen MR) is 80.4 cm³/mol. The summed E-state index contributed by atoms with van der Waals surface area (Å²) in [7, 11) is 0. The molecule has 0 amide bonds. The molecular formula is C14H22Cl2N2. The van der Waals surface area contributed by atoms with Crippen LogP contribution in [-0.4, -0.2) is 6.54 Å². The first-order valence-electron chi connectivity index (χ1n) is 6.34. The van der Waals surface area contributed by atoms with Gasteiger partial charge in [-0.2, -0.15) is 0 Å². The van der Waals surface area contributed by atoms with Crippen LogP contribution in [0.5, 0.6) is 0 Å². The molecule has 0 radical (unpaired) electrons. The first-order valence-corrected chi connectivity index (χ1v) is 6.34. The molecule has 0 saturated heterocycles. The molecule has 2 nitrogen and oxygen atoms in total. The fourth-order valence-electron chi connectivity index (χ4n) is 3.83. The van der Waals surface area contributed by atoms with Crippen LogP contribution in [0.2, 0.25) is 0 Å². The Kier molecular flexibility index (Phi) is 5.07. The fourth-order valence-corrected chi connectivity index (χ4v) is 3.83. The van der Waals surface area contributed by atoms with E-state index in [-0.39, 0.29) is 30.4 Å². The lowest BCUT2D eigenvalue weighted by Crippen LogP contribution is -2.52. The molecule has 102 valence electrons. The highest BCUT2D eigenvalue weighted by Crippen LogP contribution is 2.50. The Bertz CT molecular complexity index is 403. The summed E-state index contributed by atoms with van der Waals surface area (Å²) in [5.74, 6) is 1.09. The lowest BCUT2D eigenvalue weighted by Gasteiger charge is -2.43. The van der Waals surface area contributed by atoms with Crippen molar-refractivity contribution in [2.24, 2.45) is 23.3 Å². The van der Waals surface area contributed by atoms with E-state index in [1.165, 1.54) is 30.4 Å². The van der Waals surface area contributed by atoms with Crippen molar-refractivity contribution in [3.63, 3.8) is 0 Å². The first-order chi connectivity index (χ1) is 7.76. The maximum Gasteiger partial charge on any atom is 0.0484 e. The second-order valence-electron chi connectivity index (χ2n) is 5.35.